The highest BCUT2D eigenvalue weighted by molar-refractivity contribution is 7.13. The second-order valence-corrected chi connectivity index (χ2v) is 12.7. The van der Waals surface area contributed by atoms with Gasteiger partial charge in [0.1, 0.15) is 0 Å². The fourth-order valence-electron chi connectivity index (χ4n) is 5.10. The number of benzene rings is 1. The molecule has 42 heavy (non-hydrogen) atoms. The third kappa shape index (κ3) is 10.6. The molecule has 1 heterocycles. The van der Waals surface area contributed by atoms with Gasteiger partial charge in [0.2, 0.25) is 11.8 Å². The summed E-state index contributed by atoms with van der Waals surface area (Å²) in [6.45, 7) is 13.0. The van der Waals surface area contributed by atoms with Crippen LogP contribution in [0.15, 0.2) is 29.8 Å². The minimum Gasteiger partial charge on any atom is -0.379 e. The topological polar surface area (TPSA) is 116 Å². The quantitative estimate of drug-likeness (QED) is 0.252. The van der Waals surface area contributed by atoms with Crippen molar-refractivity contribution in [3.8, 4) is 10.4 Å². The van der Waals surface area contributed by atoms with Crippen LogP contribution in [0.25, 0.3) is 10.4 Å². The Morgan fingerprint density at radius 2 is 1.62 bits per heavy atom. The summed E-state index contributed by atoms with van der Waals surface area (Å²) in [5, 5.41) is 6.00. The van der Waals surface area contributed by atoms with E-state index < -0.39 is 11.5 Å². The molecular formula is C32H47N3O6S. The van der Waals surface area contributed by atoms with E-state index in [1.807, 2.05) is 52.3 Å². The Balaban J connectivity index is 1.41. The molecule has 10 heteroatoms. The zero-order valence-electron chi connectivity index (χ0n) is 25.7. The maximum absolute atomic E-state index is 13.5. The number of ketones is 1. The van der Waals surface area contributed by atoms with Gasteiger partial charge in [-0.25, -0.2) is 4.98 Å². The molecule has 2 aromatic rings. The van der Waals surface area contributed by atoms with Gasteiger partial charge in [0.25, 0.3) is 0 Å². The Morgan fingerprint density at radius 1 is 0.976 bits per heavy atom. The molecule has 232 valence electrons. The van der Waals surface area contributed by atoms with Crippen molar-refractivity contribution in [2.45, 2.75) is 72.9 Å². The lowest BCUT2D eigenvalue weighted by Gasteiger charge is -2.32. The van der Waals surface area contributed by atoms with E-state index in [2.05, 4.69) is 27.8 Å². The van der Waals surface area contributed by atoms with Crippen LogP contribution in [0.4, 0.5) is 0 Å². The van der Waals surface area contributed by atoms with Crippen LogP contribution in [0.5, 0.6) is 0 Å². The summed E-state index contributed by atoms with van der Waals surface area (Å²) in [6.07, 6.45) is 1.98. The molecule has 1 saturated carbocycles. The third-order valence-electron chi connectivity index (χ3n) is 7.51. The van der Waals surface area contributed by atoms with Crippen molar-refractivity contribution in [3.05, 3.63) is 41.0 Å². The molecule has 2 amide bonds. The fourth-order valence-corrected chi connectivity index (χ4v) is 5.91. The lowest BCUT2D eigenvalue weighted by Crippen LogP contribution is -2.51. The molecule has 3 atom stereocenters. The third-order valence-corrected chi connectivity index (χ3v) is 8.49. The van der Waals surface area contributed by atoms with Crippen molar-refractivity contribution in [1.82, 2.24) is 15.6 Å². The molecular weight excluding hydrogens is 554 g/mol. The monoisotopic (exact) mass is 601 g/mol. The van der Waals surface area contributed by atoms with E-state index in [4.69, 9.17) is 14.2 Å². The highest BCUT2D eigenvalue weighted by Crippen LogP contribution is 2.35. The highest BCUT2D eigenvalue weighted by atomic mass is 32.1. The average Bonchev–Trinajstić information content (AvgIpc) is 3.63. The van der Waals surface area contributed by atoms with Crippen LogP contribution in [0.1, 0.15) is 64.6 Å². The first-order valence-corrected chi connectivity index (χ1v) is 15.8. The molecule has 3 rings (SSSR count). The van der Waals surface area contributed by atoms with Crippen molar-refractivity contribution in [1.29, 1.82) is 0 Å². The smallest absolute Gasteiger partial charge is 0.223 e. The number of carbonyl (C=O) groups is 3. The van der Waals surface area contributed by atoms with Crippen LogP contribution in [0.2, 0.25) is 0 Å². The Bertz CT molecular complexity index is 1140. The van der Waals surface area contributed by atoms with Crippen LogP contribution in [0.3, 0.4) is 0 Å². The Labute approximate surface area is 254 Å². The lowest BCUT2D eigenvalue weighted by atomic mass is 9.79. The standard InChI is InChI=1S/C32H47N3O6S/c1-6-39-15-16-41-18-17-40-14-13-27(36)35-30(32(3,4)5)28(37)25-11-12-26(19-25)31(38)33-20-23-7-9-24(10-8-23)29-22(2)34-21-42-29/h7-10,21,25-26,30H,6,11-20H2,1-5H3,(H,33,38)(H,35,36)/t25?,26-,30-/m0/s1. The molecule has 0 aliphatic heterocycles. The van der Waals surface area contributed by atoms with Crippen LogP contribution in [0, 0.1) is 24.2 Å². The number of ether oxygens (including phenoxy) is 3. The number of Topliss-reactive ketones (excluding diaryl/α,β-unsaturated/α-hetero) is 1. The van der Waals surface area contributed by atoms with Crippen molar-refractivity contribution in [3.63, 3.8) is 0 Å². The van der Waals surface area contributed by atoms with Crippen LogP contribution >= 0.6 is 11.3 Å². The molecule has 1 fully saturated rings. The second kappa shape index (κ2) is 16.8. The summed E-state index contributed by atoms with van der Waals surface area (Å²) in [7, 11) is 0. The van der Waals surface area contributed by atoms with Crippen molar-refractivity contribution >= 4 is 28.9 Å². The van der Waals surface area contributed by atoms with Gasteiger partial charge in [0.15, 0.2) is 5.78 Å². The minimum absolute atomic E-state index is 0.00344. The van der Waals surface area contributed by atoms with E-state index in [0.717, 1.165) is 21.7 Å². The van der Waals surface area contributed by atoms with Gasteiger partial charge in [-0.15, -0.1) is 11.3 Å². The SMILES string of the molecule is CCOCCOCCOCCC(=O)N[C@@H](C(=O)C1CC[C@H](C(=O)NCc2ccc(-c3scnc3C)cc2)C1)C(C)(C)C. The number of aryl methyl sites for hydroxylation is 1. The maximum atomic E-state index is 13.5. The Hall–Kier alpha value is -2.66. The van der Waals surface area contributed by atoms with Gasteiger partial charge in [-0.1, -0.05) is 45.0 Å². The summed E-state index contributed by atoms with van der Waals surface area (Å²) >= 11 is 1.62. The molecule has 0 saturated heterocycles. The average molecular weight is 602 g/mol. The lowest BCUT2D eigenvalue weighted by molar-refractivity contribution is -0.133. The van der Waals surface area contributed by atoms with Gasteiger partial charge in [0.05, 0.1) is 55.2 Å². The van der Waals surface area contributed by atoms with Crippen molar-refractivity contribution in [2.24, 2.45) is 17.3 Å². The van der Waals surface area contributed by atoms with Gasteiger partial charge < -0.3 is 24.8 Å². The maximum Gasteiger partial charge on any atom is 0.223 e. The van der Waals surface area contributed by atoms with E-state index >= 15 is 0 Å². The zero-order chi connectivity index (χ0) is 30.5. The molecule has 0 spiro atoms. The van der Waals surface area contributed by atoms with Gasteiger partial charge in [-0.05, 0) is 49.7 Å². The predicted molar refractivity (Wildman–Crippen MR) is 164 cm³/mol. The molecule has 1 unspecified atom stereocenters. The number of aromatic nitrogens is 1. The number of amides is 2. The van der Waals surface area contributed by atoms with Gasteiger partial charge in [-0.2, -0.15) is 0 Å². The fraction of sp³-hybridized carbons (Fsp3) is 0.625. The van der Waals surface area contributed by atoms with Gasteiger partial charge >= 0.3 is 0 Å². The summed E-state index contributed by atoms with van der Waals surface area (Å²) in [6, 6.07) is 7.53. The number of nitrogens with one attached hydrogen (secondary N) is 2. The number of thiazole rings is 1. The van der Waals surface area contributed by atoms with Gasteiger partial charge in [0, 0.05) is 31.4 Å². The number of hydrogen-bond donors (Lipinski definition) is 2. The van der Waals surface area contributed by atoms with Gasteiger partial charge in [-0.3, -0.25) is 14.4 Å². The van der Waals surface area contributed by atoms with Crippen LogP contribution < -0.4 is 10.6 Å². The number of nitrogens with zero attached hydrogens (tertiary/aromatic N) is 1. The number of rotatable bonds is 17. The molecule has 2 N–H and O–H groups in total. The second-order valence-electron chi connectivity index (χ2n) is 11.8. The summed E-state index contributed by atoms with van der Waals surface area (Å²) in [5.74, 6) is -0.702. The van der Waals surface area contributed by atoms with Crippen molar-refractivity contribution in [2.75, 3.05) is 39.6 Å². The normalized spacial score (nSPS) is 17.6. The zero-order valence-corrected chi connectivity index (χ0v) is 26.5. The minimum atomic E-state index is -0.626. The number of hydrogen-bond acceptors (Lipinski definition) is 8. The van der Waals surface area contributed by atoms with E-state index in [1.165, 1.54) is 0 Å². The van der Waals surface area contributed by atoms with E-state index in [9.17, 15) is 14.4 Å². The van der Waals surface area contributed by atoms with E-state index in [0.29, 0.717) is 58.8 Å². The summed E-state index contributed by atoms with van der Waals surface area (Å²) in [5.41, 5.74) is 4.55. The van der Waals surface area contributed by atoms with E-state index in [1.54, 1.807) is 11.3 Å². The summed E-state index contributed by atoms with van der Waals surface area (Å²) in [4.78, 5) is 44.6. The molecule has 1 aliphatic rings. The largest absolute Gasteiger partial charge is 0.379 e. The molecule has 1 aromatic carbocycles. The predicted octanol–water partition coefficient (Wildman–Crippen LogP) is 4.71. The van der Waals surface area contributed by atoms with Crippen LogP contribution in [-0.4, -0.2) is 68.3 Å². The molecule has 1 aromatic heterocycles. The summed E-state index contributed by atoms with van der Waals surface area (Å²) < 4.78 is 16.1. The molecule has 1 aliphatic carbocycles. The molecule has 0 bridgehead atoms. The van der Waals surface area contributed by atoms with Crippen LogP contribution in [-0.2, 0) is 35.1 Å². The Morgan fingerprint density at radius 3 is 2.24 bits per heavy atom. The van der Waals surface area contributed by atoms with Crippen molar-refractivity contribution < 1.29 is 28.6 Å². The number of carbonyl (C=O) groups excluding carboxylic acids is 3. The molecule has 0 radical (unpaired) electrons. The van der Waals surface area contributed by atoms with E-state index in [-0.39, 0.29) is 42.5 Å². The first-order valence-electron chi connectivity index (χ1n) is 14.9. The molecule has 9 nitrogen and oxygen atoms in total. The first kappa shape index (κ1) is 33.8. The first-order chi connectivity index (χ1) is 20.1. The Kier molecular flexibility index (Phi) is 13.6. The highest BCUT2D eigenvalue weighted by Gasteiger charge is 2.41.